The number of likely N-dealkylation sites (tertiary alicyclic amines) is 1. The van der Waals surface area contributed by atoms with Crippen molar-refractivity contribution >= 4 is 5.91 Å². The van der Waals surface area contributed by atoms with Crippen molar-refractivity contribution in [3.63, 3.8) is 0 Å². The van der Waals surface area contributed by atoms with E-state index in [0.29, 0.717) is 18.3 Å². The second-order valence-electron chi connectivity index (χ2n) is 7.62. The smallest absolute Gasteiger partial charge is 0.222 e. The molecule has 4 heteroatoms. The van der Waals surface area contributed by atoms with Gasteiger partial charge in [-0.05, 0) is 50.5 Å². The van der Waals surface area contributed by atoms with Crippen LogP contribution in [0, 0.1) is 17.8 Å². The molecule has 0 spiro atoms. The van der Waals surface area contributed by atoms with Gasteiger partial charge in [0.05, 0.1) is 19.1 Å². The Bertz CT molecular complexity index is 392. The molecule has 0 aromatic heterocycles. The summed E-state index contributed by atoms with van der Waals surface area (Å²) < 4.78 is 5.99. The summed E-state index contributed by atoms with van der Waals surface area (Å²) in [7, 11) is 0. The molecule has 0 bridgehead atoms. The van der Waals surface area contributed by atoms with E-state index in [0.717, 1.165) is 25.1 Å². The molecular weight excluding hydrogens is 264 g/mol. The Kier molecular flexibility index (Phi) is 3.92. The number of piperidine rings is 1. The van der Waals surface area contributed by atoms with Crippen LogP contribution in [-0.4, -0.2) is 49.2 Å². The summed E-state index contributed by atoms with van der Waals surface area (Å²) in [6.45, 7) is 4.18. The molecule has 1 N–H and O–H groups in total. The number of ether oxygens (including phenoxy) is 1. The quantitative estimate of drug-likeness (QED) is 0.840. The van der Waals surface area contributed by atoms with Crippen LogP contribution in [0.15, 0.2) is 0 Å². The molecule has 2 aliphatic carbocycles. The van der Waals surface area contributed by atoms with Crippen molar-refractivity contribution in [2.45, 2.75) is 57.1 Å². The maximum absolute atomic E-state index is 12.0. The average Bonchev–Trinajstić information content (AvgIpc) is 3.17. The lowest BCUT2D eigenvalue weighted by atomic mass is 9.80. The van der Waals surface area contributed by atoms with E-state index in [9.17, 15) is 4.79 Å². The van der Waals surface area contributed by atoms with Crippen molar-refractivity contribution in [3.05, 3.63) is 0 Å². The van der Waals surface area contributed by atoms with Gasteiger partial charge < -0.3 is 15.0 Å². The van der Waals surface area contributed by atoms with E-state index in [1.165, 1.54) is 51.6 Å². The minimum Gasteiger partial charge on any atom is -0.377 e. The number of hydrogen-bond donors (Lipinski definition) is 1. The summed E-state index contributed by atoms with van der Waals surface area (Å²) in [5.41, 5.74) is 0. The first kappa shape index (κ1) is 14.0. The maximum atomic E-state index is 12.0. The van der Waals surface area contributed by atoms with Crippen LogP contribution < -0.4 is 5.32 Å². The maximum Gasteiger partial charge on any atom is 0.222 e. The first-order valence-electron chi connectivity index (χ1n) is 8.92. The third kappa shape index (κ3) is 3.11. The third-order valence-electron chi connectivity index (χ3n) is 6.09. The highest BCUT2D eigenvalue weighted by atomic mass is 16.5. The molecule has 0 aromatic carbocycles. The summed E-state index contributed by atoms with van der Waals surface area (Å²) in [4.78, 5) is 14.7. The van der Waals surface area contributed by atoms with Crippen LogP contribution in [0.3, 0.4) is 0 Å². The van der Waals surface area contributed by atoms with Gasteiger partial charge in [-0.1, -0.05) is 6.42 Å². The lowest BCUT2D eigenvalue weighted by molar-refractivity contribution is -0.123. The molecule has 4 rings (SSSR count). The number of nitrogens with one attached hydrogen (secondary N) is 1. The molecule has 4 fully saturated rings. The van der Waals surface area contributed by atoms with Gasteiger partial charge in [0.1, 0.15) is 0 Å². The summed E-state index contributed by atoms with van der Waals surface area (Å²) in [6.07, 6.45) is 8.77. The van der Waals surface area contributed by atoms with E-state index in [4.69, 9.17) is 4.74 Å². The molecule has 4 aliphatic rings. The SMILES string of the molecule is O=C(C[C@@H]1OC[C@H]2CN(C3CCC3)CC[C@H]21)NCC1CC1. The molecule has 118 valence electrons. The van der Waals surface area contributed by atoms with Gasteiger partial charge in [0, 0.05) is 25.0 Å². The molecule has 2 heterocycles. The van der Waals surface area contributed by atoms with Crippen molar-refractivity contribution in [2.75, 3.05) is 26.2 Å². The second kappa shape index (κ2) is 5.88. The molecule has 21 heavy (non-hydrogen) atoms. The Labute approximate surface area is 127 Å². The Morgan fingerprint density at radius 1 is 1.19 bits per heavy atom. The Morgan fingerprint density at radius 3 is 2.76 bits per heavy atom. The first-order valence-corrected chi connectivity index (χ1v) is 8.92. The van der Waals surface area contributed by atoms with Crippen LogP contribution in [0.4, 0.5) is 0 Å². The van der Waals surface area contributed by atoms with E-state index in [1.54, 1.807) is 0 Å². The van der Waals surface area contributed by atoms with Gasteiger partial charge in [0.15, 0.2) is 0 Å². The summed E-state index contributed by atoms with van der Waals surface area (Å²) in [5, 5.41) is 3.08. The van der Waals surface area contributed by atoms with Gasteiger partial charge in [0.25, 0.3) is 0 Å². The van der Waals surface area contributed by atoms with E-state index in [-0.39, 0.29) is 12.0 Å². The van der Waals surface area contributed by atoms with E-state index >= 15 is 0 Å². The predicted octanol–water partition coefficient (Wildman–Crippen LogP) is 1.79. The van der Waals surface area contributed by atoms with Crippen molar-refractivity contribution in [3.8, 4) is 0 Å². The number of rotatable bonds is 5. The first-order chi connectivity index (χ1) is 10.3. The lowest BCUT2D eigenvalue weighted by Crippen LogP contribution is -2.49. The number of amides is 1. The largest absolute Gasteiger partial charge is 0.377 e. The normalized spacial score (nSPS) is 37.0. The molecular formula is C17H28N2O2. The predicted molar refractivity (Wildman–Crippen MR) is 80.9 cm³/mol. The highest BCUT2D eigenvalue weighted by Crippen LogP contribution is 2.38. The number of carbonyl (C=O) groups is 1. The summed E-state index contributed by atoms with van der Waals surface area (Å²) in [5.74, 6) is 2.25. The molecule has 4 nitrogen and oxygen atoms in total. The van der Waals surface area contributed by atoms with E-state index in [2.05, 4.69) is 10.2 Å². The summed E-state index contributed by atoms with van der Waals surface area (Å²) >= 11 is 0. The number of fused-ring (bicyclic) bond motifs is 1. The Morgan fingerprint density at radius 2 is 2.05 bits per heavy atom. The van der Waals surface area contributed by atoms with Crippen LogP contribution in [0.2, 0.25) is 0 Å². The number of nitrogens with zero attached hydrogens (tertiary/aromatic N) is 1. The molecule has 0 unspecified atom stereocenters. The topological polar surface area (TPSA) is 41.6 Å². The fourth-order valence-electron chi connectivity index (χ4n) is 4.24. The van der Waals surface area contributed by atoms with Crippen molar-refractivity contribution in [2.24, 2.45) is 17.8 Å². The minimum absolute atomic E-state index is 0.178. The number of carbonyl (C=O) groups excluding carboxylic acids is 1. The van der Waals surface area contributed by atoms with Crippen molar-refractivity contribution in [1.29, 1.82) is 0 Å². The standard InChI is InChI=1S/C17H28N2O2/c20-17(18-9-12-4-5-12)8-16-15-6-7-19(14-2-1-3-14)10-13(15)11-21-16/h12-16H,1-11H2,(H,18,20)/t13-,15-,16+/m1/s1. The van der Waals surface area contributed by atoms with E-state index in [1.807, 2.05) is 0 Å². The lowest BCUT2D eigenvalue weighted by Gasteiger charge is -2.43. The minimum atomic E-state index is 0.178. The highest BCUT2D eigenvalue weighted by molar-refractivity contribution is 5.76. The van der Waals surface area contributed by atoms with Gasteiger partial charge in [-0.25, -0.2) is 0 Å². The van der Waals surface area contributed by atoms with Gasteiger partial charge >= 0.3 is 0 Å². The van der Waals surface area contributed by atoms with Crippen molar-refractivity contribution < 1.29 is 9.53 Å². The fourth-order valence-corrected chi connectivity index (χ4v) is 4.24. The molecule has 2 aliphatic heterocycles. The van der Waals surface area contributed by atoms with Gasteiger partial charge in [-0.15, -0.1) is 0 Å². The Hall–Kier alpha value is -0.610. The number of hydrogen-bond acceptors (Lipinski definition) is 3. The fraction of sp³-hybridized carbons (Fsp3) is 0.941. The van der Waals surface area contributed by atoms with Gasteiger partial charge in [-0.2, -0.15) is 0 Å². The molecule has 0 radical (unpaired) electrons. The van der Waals surface area contributed by atoms with Gasteiger partial charge in [-0.3, -0.25) is 4.79 Å². The van der Waals surface area contributed by atoms with Crippen molar-refractivity contribution in [1.82, 2.24) is 10.2 Å². The van der Waals surface area contributed by atoms with Crippen LogP contribution >= 0.6 is 0 Å². The van der Waals surface area contributed by atoms with Crippen LogP contribution in [0.25, 0.3) is 0 Å². The molecule has 2 saturated heterocycles. The average molecular weight is 292 g/mol. The molecule has 3 atom stereocenters. The third-order valence-corrected chi connectivity index (χ3v) is 6.09. The second-order valence-corrected chi connectivity index (χ2v) is 7.62. The monoisotopic (exact) mass is 292 g/mol. The molecule has 1 amide bonds. The zero-order valence-electron chi connectivity index (χ0n) is 12.9. The van der Waals surface area contributed by atoms with Crippen LogP contribution in [-0.2, 0) is 9.53 Å². The molecule has 0 aromatic rings. The van der Waals surface area contributed by atoms with E-state index < -0.39 is 0 Å². The Balaban J connectivity index is 1.25. The van der Waals surface area contributed by atoms with Crippen LogP contribution in [0.5, 0.6) is 0 Å². The van der Waals surface area contributed by atoms with Crippen LogP contribution in [0.1, 0.15) is 44.9 Å². The zero-order valence-corrected chi connectivity index (χ0v) is 12.9. The van der Waals surface area contributed by atoms with Gasteiger partial charge in [0.2, 0.25) is 5.91 Å². The summed E-state index contributed by atoms with van der Waals surface area (Å²) in [6, 6.07) is 0.854. The highest BCUT2D eigenvalue weighted by Gasteiger charge is 2.43. The molecule has 2 saturated carbocycles. The zero-order chi connectivity index (χ0) is 14.2.